The molecule has 0 aromatic rings. The highest BCUT2D eigenvalue weighted by molar-refractivity contribution is 5.86. The second kappa shape index (κ2) is 3.65. The molecular formula is C8H12F3NO. The van der Waals surface area contributed by atoms with Crippen LogP contribution in [0.5, 0.6) is 0 Å². The van der Waals surface area contributed by atoms with Crippen LogP contribution in [0.3, 0.4) is 0 Å². The van der Waals surface area contributed by atoms with Gasteiger partial charge in [0, 0.05) is 12.0 Å². The maximum atomic E-state index is 12.0. The number of nitrogens with one attached hydrogen (secondary N) is 1. The Morgan fingerprint density at radius 2 is 2.08 bits per heavy atom. The third-order valence-corrected chi connectivity index (χ3v) is 2.27. The molecular weight excluding hydrogens is 183 g/mol. The van der Waals surface area contributed by atoms with E-state index in [1.165, 1.54) is 0 Å². The summed E-state index contributed by atoms with van der Waals surface area (Å²) < 4.78 is 36.0. The minimum Gasteiger partial charge on any atom is -0.314 e. The zero-order chi connectivity index (χ0) is 10.1. The average molecular weight is 195 g/mol. The standard InChI is InChI=1S/C8H12F3NO/c1-5-4-6(2-3-12-5)7(13)8(9,10)11/h5-6,12H,2-4H2,1H3/t5-,6?/m0/s1. The quantitative estimate of drug-likeness (QED) is 0.687. The highest BCUT2D eigenvalue weighted by atomic mass is 19.4. The average Bonchev–Trinajstić information content (AvgIpc) is 2.01. The normalized spacial score (nSPS) is 30.2. The fraction of sp³-hybridized carbons (Fsp3) is 0.875. The number of carbonyl (C=O) groups is 1. The predicted octanol–water partition coefficient (Wildman–Crippen LogP) is 1.51. The van der Waals surface area contributed by atoms with Gasteiger partial charge in [0.2, 0.25) is 5.78 Å². The van der Waals surface area contributed by atoms with Gasteiger partial charge in [-0.3, -0.25) is 4.79 Å². The van der Waals surface area contributed by atoms with Gasteiger partial charge in [0.15, 0.2) is 0 Å². The summed E-state index contributed by atoms with van der Waals surface area (Å²) in [4.78, 5) is 10.8. The van der Waals surface area contributed by atoms with E-state index in [0.717, 1.165) is 0 Å². The Morgan fingerprint density at radius 3 is 2.54 bits per heavy atom. The Labute approximate surface area is 74.5 Å². The van der Waals surface area contributed by atoms with Crippen LogP contribution in [0, 0.1) is 5.92 Å². The molecule has 0 aromatic heterocycles. The Morgan fingerprint density at radius 1 is 1.46 bits per heavy atom. The number of hydrogen-bond donors (Lipinski definition) is 1. The lowest BCUT2D eigenvalue weighted by Gasteiger charge is -2.27. The molecule has 1 saturated heterocycles. The van der Waals surface area contributed by atoms with Crippen molar-refractivity contribution < 1.29 is 18.0 Å². The second-order valence-corrected chi connectivity index (χ2v) is 3.44. The number of hydrogen-bond acceptors (Lipinski definition) is 2. The second-order valence-electron chi connectivity index (χ2n) is 3.44. The van der Waals surface area contributed by atoms with Gasteiger partial charge >= 0.3 is 6.18 Å². The first kappa shape index (κ1) is 10.5. The van der Waals surface area contributed by atoms with Gasteiger partial charge in [-0.1, -0.05) is 0 Å². The Bertz CT molecular complexity index is 202. The third kappa shape index (κ3) is 2.69. The molecule has 1 fully saturated rings. The maximum absolute atomic E-state index is 12.0. The Kier molecular flexibility index (Phi) is 2.95. The van der Waals surface area contributed by atoms with Crippen molar-refractivity contribution in [1.29, 1.82) is 0 Å². The van der Waals surface area contributed by atoms with Crippen LogP contribution in [-0.2, 0) is 4.79 Å². The van der Waals surface area contributed by atoms with Gasteiger partial charge in [-0.05, 0) is 26.3 Å². The molecule has 2 atom stereocenters. The minimum atomic E-state index is -4.66. The fourth-order valence-corrected chi connectivity index (χ4v) is 1.60. The molecule has 1 aliphatic heterocycles. The molecule has 0 saturated carbocycles. The monoisotopic (exact) mass is 195 g/mol. The number of piperidine rings is 1. The summed E-state index contributed by atoms with van der Waals surface area (Å²) >= 11 is 0. The van der Waals surface area contributed by atoms with E-state index in [2.05, 4.69) is 5.32 Å². The topological polar surface area (TPSA) is 29.1 Å². The van der Waals surface area contributed by atoms with Crippen molar-refractivity contribution in [2.24, 2.45) is 5.92 Å². The van der Waals surface area contributed by atoms with Crippen molar-refractivity contribution in [2.45, 2.75) is 32.0 Å². The molecule has 1 aliphatic rings. The van der Waals surface area contributed by atoms with Crippen molar-refractivity contribution in [3.8, 4) is 0 Å². The molecule has 1 rings (SSSR count). The van der Waals surface area contributed by atoms with E-state index in [1.54, 1.807) is 6.92 Å². The number of halogens is 3. The molecule has 0 bridgehead atoms. The summed E-state index contributed by atoms with van der Waals surface area (Å²) in [5.74, 6) is -2.41. The number of carbonyl (C=O) groups excluding carboxylic acids is 1. The summed E-state index contributed by atoms with van der Waals surface area (Å²) in [5.41, 5.74) is 0. The van der Waals surface area contributed by atoms with Gasteiger partial charge in [0.05, 0.1) is 0 Å². The van der Waals surface area contributed by atoms with Crippen LogP contribution in [-0.4, -0.2) is 24.5 Å². The molecule has 5 heteroatoms. The summed E-state index contributed by atoms with van der Waals surface area (Å²) in [6, 6.07) is 0.00468. The van der Waals surface area contributed by atoms with Gasteiger partial charge in [-0.15, -0.1) is 0 Å². The first-order valence-electron chi connectivity index (χ1n) is 4.25. The van der Waals surface area contributed by atoms with E-state index in [-0.39, 0.29) is 6.04 Å². The van der Waals surface area contributed by atoms with Crippen LogP contribution in [0.2, 0.25) is 0 Å². The van der Waals surface area contributed by atoms with E-state index < -0.39 is 17.9 Å². The molecule has 0 amide bonds. The number of alkyl halides is 3. The Balaban J connectivity index is 2.56. The molecule has 0 spiro atoms. The first-order chi connectivity index (χ1) is 5.91. The largest absolute Gasteiger partial charge is 0.450 e. The lowest BCUT2D eigenvalue weighted by molar-refractivity contribution is -0.176. The minimum absolute atomic E-state index is 0.00468. The zero-order valence-electron chi connectivity index (χ0n) is 7.32. The maximum Gasteiger partial charge on any atom is 0.450 e. The molecule has 0 aromatic carbocycles. The van der Waals surface area contributed by atoms with Crippen LogP contribution in [0.25, 0.3) is 0 Å². The summed E-state index contributed by atoms with van der Waals surface area (Å²) in [6.07, 6.45) is -4.08. The van der Waals surface area contributed by atoms with Crippen LogP contribution < -0.4 is 5.32 Å². The third-order valence-electron chi connectivity index (χ3n) is 2.27. The molecule has 2 nitrogen and oxygen atoms in total. The smallest absolute Gasteiger partial charge is 0.314 e. The predicted molar refractivity (Wildman–Crippen MR) is 41.3 cm³/mol. The molecule has 0 radical (unpaired) electrons. The SMILES string of the molecule is C[C@H]1CC(C(=O)C(F)(F)F)CCN1. The lowest BCUT2D eigenvalue weighted by Crippen LogP contribution is -2.42. The van der Waals surface area contributed by atoms with Gasteiger partial charge in [-0.2, -0.15) is 13.2 Å². The van der Waals surface area contributed by atoms with Crippen LogP contribution in [0.1, 0.15) is 19.8 Å². The summed E-state index contributed by atoms with van der Waals surface area (Å²) in [5, 5.41) is 3.00. The van der Waals surface area contributed by atoms with Gasteiger partial charge in [-0.25, -0.2) is 0 Å². The van der Waals surface area contributed by atoms with Crippen molar-refractivity contribution in [1.82, 2.24) is 5.32 Å². The fourth-order valence-electron chi connectivity index (χ4n) is 1.60. The zero-order valence-corrected chi connectivity index (χ0v) is 7.32. The summed E-state index contributed by atoms with van der Waals surface area (Å²) in [6.45, 7) is 2.28. The highest BCUT2D eigenvalue weighted by Gasteiger charge is 2.43. The number of ketones is 1. The van der Waals surface area contributed by atoms with Crippen molar-refractivity contribution >= 4 is 5.78 Å². The van der Waals surface area contributed by atoms with Crippen LogP contribution in [0.4, 0.5) is 13.2 Å². The van der Waals surface area contributed by atoms with Crippen LogP contribution >= 0.6 is 0 Å². The molecule has 0 aliphatic carbocycles. The molecule has 1 heterocycles. The summed E-state index contributed by atoms with van der Waals surface area (Å²) in [7, 11) is 0. The van der Waals surface area contributed by atoms with Gasteiger partial charge < -0.3 is 5.32 Å². The van der Waals surface area contributed by atoms with E-state index in [1.807, 2.05) is 0 Å². The van der Waals surface area contributed by atoms with E-state index in [0.29, 0.717) is 19.4 Å². The molecule has 76 valence electrons. The van der Waals surface area contributed by atoms with E-state index >= 15 is 0 Å². The first-order valence-corrected chi connectivity index (χ1v) is 4.25. The van der Waals surface area contributed by atoms with E-state index in [9.17, 15) is 18.0 Å². The number of rotatable bonds is 1. The van der Waals surface area contributed by atoms with Gasteiger partial charge in [0.1, 0.15) is 0 Å². The highest BCUT2D eigenvalue weighted by Crippen LogP contribution is 2.27. The lowest BCUT2D eigenvalue weighted by atomic mass is 9.89. The van der Waals surface area contributed by atoms with Crippen molar-refractivity contribution in [3.05, 3.63) is 0 Å². The van der Waals surface area contributed by atoms with Gasteiger partial charge in [0.25, 0.3) is 0 Å². The van der Waals surface area contributed by atoms with Crippen LogP contribution in [0.15, 0.2) is 0 Å². The van der Waals surface area contributed by atoms with Crippen molar-refractivity contribution in [3.63, 3.8) is 0 Å². The Hall–Kier alpha value is -0.580. The number of Topliss-reactive ketones (excluding diaryl/α,β-unsaturated/α-hetero) is 1. The molecule has 1 unspecified atom stereocenters. The molecule has 13 heavy (non-hydrogen) atoms. The molecule has 1 N–H and O–H groups in total. The van der Waals surface area contributed by atoms with Crippen molar-refractivity contribution in [2.75, 3.05) is 6.54 Å². The van der Waals surface area contributed by atoms with E-state index in [4.69, 9.17) is 0 Å².